The number of ether oxygens (including phenoxy) is 1. The molecule has 1 aromatic rings. The van der Waals surface area contributed by atoms with Crippen LogP contribution >= 0.6 is 0 Å². The van der Waals surface area contributed by atoms with E-state index in [0.717, 1.165) is 12.2 Å². The van der Waals surface area contributed by atoms with Crippen LogP contribution in [0.4, 0.5) is 0 Å². The fourth-order valence-corrected chi connectivity index (χ4v) is 2.32. The molecular weight excluding hydrogens is 198 g/mol. The minimum Gasteiger partial charge on any atom is -0.496 e. The molecule has 2 atom stereocenters. The Bertz CT molecular complexity index is 398. The van der Waals surface area contributed by atoms with E-state index in [1.54, 1.807) is 7.11 Å². The van der Waals surface area contributed by atoms with Crippen LogP contribution in [0, 0.1) is 6.92 Å². The van der Waals surface area contributed by atoms with Crippen molar-refractivity contribution in [3.8, 4) is 5.75 Å². The molecular formula is C14H21NO. The zero-order valence-corrected chi connectivity index (χ0v) is 10.6. The monoisotopic (exact) mass is 219 g/mol. The van der Waals surface area contributed by atoms with Gasteiger partial charge in [-0.25, -0.2) is 0 Å². The third-order valence-electron chi connectivity index (χ3n) is 3.48. The minimum atomic E-state index is 0.368. The second-order valence-corrected chi connectivity index (χ2v) is 5.11. The Morgan fingerprint density at radius 1 is 1.38 bits per heavy atom. The lowest BCUT2D eigenvalue weighted by atomic mass is 9.94. The third-order valence-corrected chi connectivity index (χ3v) is 3.48. The highest BCUT2D eigenvalue weighted by Crippen LogP contribution is 2.43. The summed E-state index contributed by atoms with van der Waals surface area (Å²) in [5.74, 6) is 2.07. The fraction of sp³-hybridized carbons (Fsp3) is 0.571. The number of hydrogen-bond acceptors (Lipinski definition) is 2. The van der Waals surface area contributed by atoms with Gasteiger partial charge in [0.1, 0.15) is 5.75 Å². The van der Waals surface area contributed by atoms with E-state index in [9.17, 15) is 0 Å². The molecule has 2 heteroatoms. The molecule has 0 aromatic heterocycles. The van der Waals surface area contributed by atoms with E-state index in [1.165, 1.54) is 16.7 Å². The second kappa shape index (κ2) is 4.10. The van der Waals surface area contributed by atoms with Crippen LogP contribution in [0.5, 0.6) is 5.75 Å². The molecule has 1 fully saturated rings. The Morgan fingerprint density at radius 3 is 2.44 bits per heavy atom. The lowest BCUT2D eigenvalue weighted by molar-refractivity contribution is 0.407. The van der Waals surface area contributed by atoms with E-state index in [4.69, 9.17) is 10.5 Å². The van der Waals surface area contributed by atoms with Gasteiger partial charge in [-0.2, -0.15) is 0 Å². The first-order chi connectivity index (χ1) is 7.54. The first-order valence-electron chi connectivity index (χ1n) is 5.98. The maximum Gasteiger partial charge on any atom is 0.122 e. The Morgan fingerprint density at radius 2 is 2.00 bits per heavy atom. The predicted octanol–water partition coefficient (Wildman–Crippen LogP) is 2.94. The lowest BCUT2D eigenvalue weighted by Gasteiger charge is -2.16. The van der Waals surface area contributed by atoms with Gasteiger partial charge in [-0.15, -0.1) is 0 Å². The average Bonchev–Trinajstić information content (AvgIpc) is 2.94. The van der Waals surface area contributed by atoms with Gasteiger partial charge in [0, 0.05) is 12.0 Å². The van der Waals surface area contributed by atoms with Crippen LogP contribution in [0.25, 0.3) is 0 Å². The molecule has 0 radical (unpaired) electrons. The van der Waals surface area contributed by atoms with Crippen molar-refractivity contribution in [1.82, 2.24) is 0 Å². The highest BCUT2D eigenvalue weighted by Gasteiger charge is 2.36. The molecule has 2 nitrogen and oxygen atoms in total. The molecule has 0 heterocycles. The van der Waals surface area contributed by atoms with Gasteiger partial charge in [-0.05, 0) is 42.0 Å². The molecule has 1 aliphatic carbocycles. The van der Waals surface area contributed by atoms with Crippen molar-refractivity contribution in [2.45, 2.75) is 45.1 Å². The second-order valence-electron chi connectivity index (χ2n) is 5.11. The Balaban J connectivity index is 2.43. The topological polar surface area (TPSA) is 35.2 Å². The summed E-state index contributed by atoms with van der Waals surface area (Å²) in [5.41, 5.74) is 9.95. The largest absolute Gasteiger partial charge is 0.496 e. The van der Waals surface area contributed by atoms with Crippen molar-refractivity contribution >= 4 is 0 Å². The summed E-state index contributed by atoms with van der Waals surface area (Å²) in [6, 6.07) is 4.80. The summed E-state index contributed by atoms with van der Waals surface area (Å²) in [7, 11) is 1.74. The maximum atomic E-state index is 5.93. The number of hydrogen-bond donors (Lipinski definition) is 1. The number of benzene rings is 1. The van der Waals surface area contributed by atoms with Gasteiger partial charge in [-0.3, -0.25) is 0 Å². The summed E-state index contributed by atoms with van der Waals surface area (Å²) < 4.78 is 5.44. The van der Waals surface area contributed by atoms with Crippen LogP contribution in [-0.2, 0) is 0 Å². The number of rotatable bonds is 3. The van der Waals surface area contributed by atoms with Crippen molar-refractivity contribution in [3.63, 3.8) is 0 Å². The first-order valence-corrected chi connectivity index (χ1v) is 5.98. The molecule has 1 aromatic carbocycles. The Labute approximate surface area is 97.8 Å². The van der Waals surface area contributed by atoms with Gasteiger partial charge in [0.25, 0.3) is 0 Å². The van der Waals surface area contributed by atoms with Crippen molar-refractivity contribution in [2.24, 2.45) is 5.73 Å². The van der Waals surface area contributed by atoms with Crippen molar-refractivity contribution in [2.75, 3.05) is 7.11 Å². The number of aryl methyl sites for hydroxylation is 1. The molecule has 88 valence electrons. The zero-order valence-electron chi connectivity index (χ0n) is 10.6. The maximum absolute atomic E-state index is 5.93. The standard InChI is InChI=1S/C14H21NO/c1-8(2)10-6-11(12-7-13(12)15)9(3)5-14(10)16-4/h5-6,8,12-13H,7,15H2,1-4H3. The molecule has 0 saturated heterocycles. The molecule has 0 spiro atoms. The SMILES string of the molecule is COc1cc(C)c(C2CC2N)cc1C(C)C. The fourth-order valence-electron chi connectivity index (χ4n) is 2.32. The summed E-state index contributed by atoms with van der Waals surface area (Å²) in [5, 5.41) is 0. The van der Waals surface area contributed by atoms with Gasteiger partial charge < -0.3 is 10.5 Å². The molecule has 2 N–H and O–H groups in total. The quantitative estimate of drug-likeness (QED) is 0.848. The molecule has 2 unspecified atom stereocenters. The van der Waals surface area contributed by atoms with Crippen molar-refractivity contribution in [3.05, 3.63) is 28.8 Å². The molecule has 2 rings (SSSR count). The smallest absolute Gasteiger partial charge is 0.122 e. The van der Waals surface area contributed by atoms with Crippen LogP contribution < -0.4 is 10.5 Å². The third kappa shape index (κ3) is 1.94. The number of nitrogens with two attached hydrogens (primary N) is 1. The van der Waals surface area contributed by atoms with Crippen molar-refractivity contribution < 1.29 is 4.74 Å². The highest BCUT2D eigenvalue weighted by atomic mass is 16.5. The van der Waals surface area contributed by atoms with Crippen LogP contribution in [-0.4, -0.2) is 13.2 Å². The minimum absolute atomic E-state index is 0.368. The van der Waals surface area contributed by atoms with Gasteiger partial charge in [0.2, 0.25) is 0 Å². The first kappa shape index (κ1) is 11.5. The van der Waals surface area contributed by atoms with E-state index < -0.39 is 0 Å². The van der Waals surface area contributed by atoms with E-state index in [-0.39, 0.29) is 0 Å². The molecule has 0 aliphatic heterocycles. The van der Waals surface area contributed by atoms with Crippen LogP contribution in [0.2, 0.25) is 0 Å². The van der Waals surface area contributed by atoms with Gasteiger partial charge in [0.05, 0.1) is 7.11 Å². The molecule has 16 heavy (non-hydrogen) atoms. The highest BCUT2D eigenvalue weighted by molar-refractivity contribution is 5.47. The van der Waals surface area contributed by atoms with Gasteiger partial charge in [-0.1, -0.05) is 19.9 Å². The zero-order chi connectivity index (χ0) is 11.9. The summed E-state index contributed by atoms with van der Waals surface area (Å²) >= 11 is 0. The van der Waals surface area contributed by atoms with Crippen molar-refractivity contribution in [1.29, 1.82) is 0 Å². The lowest BCUT2D eigenvalue weighted by Crippen LogP contribution is -2.04. The van der Waals surface area contributed by atoms with Gasteiger partial charge in [0.15, 0.2) is 0 Å². The van der Waals surface area contributed by atoms with E-state index in [0.29, 0.717) is 17.9 Å². The van der Waals surface area contributed by atoms with Crippen LogP contribution in [0.15, 0.2) is 12.1 Å². The molecule has 0 amide bonds. The summed E-state index contributed by atoms with van der Waals surface area (Å²) in [6.07, 6.45) is 1.13. The summed E-state index contributed by atoms with van der Waals surface area (Å²) in [6.45, 7) is 6.54. The molecule has 1 aliphatic rings. The molecule has 0 bridgehead atoms. The predicted molar refractivity (Wildman–Crippen MR) is 67.2 cm³/mol. The van der Waals surface area contributed by atoms with Crippen LogP contribution in [0.3, 0.4) is 0 Å². The Hall–Kier alpha value is -1.02. The van der Waals surface area contributed by atoms with E-state index in [2.05, 4.69) is 32.9 Å². The van der Waals surface area contributed by atoms with Crippen LogP contribution in [0.1, 0.15) is 48.8 Å². The average molecular weight is 219 g/mol. The Kier molecular flexibility index (Phi) is 2.94. The normalized spacial score (nSPS) is 23.6. The number of methoxy groups -OCH3 is 1. The summed E-state index contributed by atoms with van der Waals surface area (Å²) in [4.78, 5) is 0. The molecule has 1 saturated carbocycles. The van der Waals surface area contributed by atoms with E-state index >= 15 is 0 Å². The van der Waals surface area contributed by atoms with E-state index in [1.807, 2.05) is 0 Å². The van der Waals surface area contributed by atoms with Gasteiger partial charge >= 0.3 is 0 Å².